The van der Waals surface area contributed by atoms with Crippen LogP contribution in [-0.4, -0.2) is 53.5 Å². The van der Waals surface area contributed by atoms with Gasteiger partial charge in [-0.1, -0.05) is 30.3 Å². The molecule has 0 aliphatic carbocycles. The Balaban J connectivity index is 2.20. The minimum atomic E-state index is -1.07. The van der Waals surface area contributed by atoms with E-state index < -0.39 is 12.4 Å². The maximum absolute atomic E-state index is 12.0. The number of carbonyl (C=O) groups excluding carboxylic acids is 1. The normalized spacial score (nSPS) is 20.3. The van der Waals surface area contributed by atoms with Gasteiger partial charge in [0, 0.05) is 19.6 Å². The van der Waals surface area contributed by atoms with Crippen molar-refractivity contribution in [3.63, 3.8) is 0 Å². The van der Waals surface area contributed by atoms with Gasteiger partial charge in [0.2, 0.25) is 5.91 Å². The van der Waals surface area contributed by atoms with E-state index in [-0.39, 0.29) is 11.9 Å². The summed E-state index contributed by atoms with van der Waals surface area (Å²) in [5, 5.41) is 8.77. The molecule has 1 amide bonds. The number of aliphatic carboxylic acids is 1. The van der Waals surface area contributed by atoms with Crippen molar-refractivity contribution in [2.45, 2.75) is 12.5 Å². The molecule has 102 valence electrons. The number of benzene rings is 1. The average molecular weight is 262 g/mol. The first kappa shape index (κ1) is 13.5. The van der Waals surface area contributed by atoms with Crippen LogP contribution in [0.2, 0.25) is 0 Å². The van der Waals surface area contributed by atoms with E-state index in [4.69, 9.17) is 5.11 Å². The number of hydrogen-bond acceptors (Lipinski definition) is 3. The average Bonchev–Trinajstić information content (AvgIpc) is 2.38. The number of carbonyl (C=O) groups is 2. The lowest BCUT2D eigenvalue weighted by molar-refractivity contribution is -0.146. The molecule has 19 heavy (non-hydrogen) atoms. The summed E-state index contributed by atoms with van der Waals surface area (Å²) in [7, 11) is 2.01. The fraction of sp³-hybridized carbons (Fsp3) is 0.429. The number of likely N-dealkylation sites (N-methyl/N-ethyl adjacent to an activating group) is 1. The van der Waals surface area contributed by atoms with E-state index in [9.17, 15) is 9.59 Å². The van der Waals surface area contributed by atoms with Gasteiger partial charge in [0.05, 0.1) is 6.04 Å². The fourth-order valence-corrected chi connectivity index (χ4v) is 2.41. The quantitative estimate of drug-likeness (QED) is 0.825. The summed E-state index contributed by atoms with van der Waals surface area (Å²) >= 11 is 0. The Morgan fingerprint density at radius 3 is 2.58 bits per heavy atom. The highest BCUT2D eigenvalue weighted by atomic mass is 16.4. The van der Waals surface area contributed by atoms with Crippen LogP contribution in [0.25, 0.3) is 0 Å². The zero-order valence-corrected chi connectivity index (χ0v) is 11.0. The summed E-state index contributed by atoms with van der Waals surface area (Å²) in [5.74, 6) is -1.38. The third kappa shape index (κ3) is 3.32. The summed E-state index contributed by atoms with van der Waals surface area (Å²) in [6.07, 6.45) is -0.437. The first-order chi connectivity index (χ1) is 9.08. The van der Waals surface area contributed by atoms with E-state index in [2.05, 4.69) is 4.90 Å². The third-order valence-electron chi connectivity index (χ3n) is 3.39. The Labute approximate surface area is 112 Å². The Bertz CT molecular complexity index is 461. The van der Waals surface area contributed by atoms with Crippen LogP contribution in [0.1, 0.15) is 18.0 Å². The Kier molecular flexibility index (Phi) is 4.16. The first-order valence-corrected chi connectivity index (χ1v) is 6.32. The van der Waals surface area contributed by atoms with Crippen molar-refractivity contribution in [2.24, 2.45) is 0 Å². The van der Waals surface area contributed by atoms with Crippen molar-refractivity contribution in [1.82, 2.24) is 9.80 Å². The second-order valence-corrected chi connectivity index (χ2v) is 4.85. The van der Waals surface area contributed by atoms with Gasteiger partial charge in [0.15, 0.2) is 0 Å². The van der Waals surface area contributed by atoms with E-state index in [1.165, 1.54) is 0 Å². The topological polar surface area (TPSA) is 60.9 Å². The summed E-state index contributed by atoms with van der Waals surface area (Å²) in [6.45, 7) is 2.08. The maximum atomic E-state index is 12.0. The molecule has 0 saturated carbocycles. The van der Waals surface area contributed by atoms with Crippen LogP contribution in [0.15, 0.2) is 30.3 Å². The van der Waals surface area contributed by atoms with Gasteiger partial charge in [-0.05, 0) is 12.6 Å². The molecule has 2 rings (SSSR count). The molecule has 1 fully saturated rings. The van der Waals surface area contributed by atoms with Gasteiger partial charge in [-0.2, -0.15) is 0 Å². The minimum absolute atomic E-state index is 0.0631. The fourth-order valence-electron chi connectivity index (χ4n) is 2.41. The molecule has 1 unspecified atom stereocenters. The van der Waals surface area contributed by atoms with Gasteiger partial charge < -0.3 is 14.9 Å². The Morgan fingerprint density at radius 1 is 1.26 bits per heavy atom. The number of rotatable bonds is 3. The third-order valence-corrected chi connectivity index (χ3v) is 3.39. The monoisotopic (exact) mass is 262 g/mol. The van der Waals surface area contributed by atoms with E-state index in [0.717, 1.165) is 18.7 Å². The molecule has 1 atom stereocenters. The smallest absolute Gasteiger partial charge is 0.312 e. The largest absolute Gasteiger partial charge is 0.481 e. The van der Waals surface area contributed by atoms with Crippen molar-refractivity contribution in [3.05, 3.63) is 35.9 Å². The second-order valence-electron chi connectivity index (χ2n) is 4.85. The summed E-state index contributed by atoms with van der Waals surface area (Å²) in [4.78, 5) is 26.6. The van der Waals surface area contributed by atoms with Gasteiger partial charge in [0.1, 0.15) is 6.42 Å². The van der Waals surface area contributed by atoms with Crippen LogP contribution in [0, 0.1) is 0 Å². The van der Waals surface area contributed by atoms with Gasteiger partial charge in [-0.25, -0.2) is 0 Å². The molecule has 0 radical (unpaired) electrons. The molecule has 5 heteroatoms. The van der Waals surface area contributed by atoms with Crippen LogP contribution < -0.4 is 0 Å². The molecule has 1 aromatic carbocycles. The lowest BCUT2D eigenvalue weighted by Crippen LogP contribution is -2.49. The number of carboxylic acids is 1. The van der Waals surface area contributed by atoms with Crippen molar-refractivity contribution in [3.8, 4) is 0 Å². The van der Waals surface area contributed by atoms with E-state index >= 15 is 0 Å². The lowest BCUT2D eigenvalue weighted by Gasteiger charge is -2.40. The highest BCUT2D eigenvalue weighted by Crippen LogP contribution is 2.25. The molecule has 0 spiro atoms. The first-order valence-electron chi connectivity index (χ1n) is 6.32. The number of nitrogens with zero attached hydrogens (tertiary/aromatic N) is 2. The number of carboxylic acid groups (broad SMARTS) is 1. The molecule has 0 aromatic heterocycles. The van der Waals surface area contributed by atoms with Gasteiger partial charge in [-0.3, -0.25) is 9.59 Å². The van der Waals surface area contributed by atoms with Crippen LogP contribution in [0.5, 0.6) is 0 Å². The number of hydrogen-bond donors (Lipinski definition) is 1. The van der Waals surface area contributed by atoms with E-state index in [1.807, 2.05) is 37.4 Å². The van der Waals surface area contributed by atoms with Crippen molar-refractivity contribution in [1.29, 1.82) is 0 Å². The molecule has 1 aromatic rings. The Morgan fingerprint density at radius 2 is 1.95 bits per heavy atom. The summed E-state index contributed by atoms with van der Waals surface area (Å²) in [5.41, 5.74) is 1.05. The van der Waals surface area contributed by atoms with Crippen LogP contribution in [0.3, 0.4) is 0 Å². The summed E-state index contributed by atoms with van der Waals surface area (Å²) < 4.78 is 0. The van der Waals surface area contributed by atoms with Crippen molar-refractivity contribution < 1.29 is 14.7 Å². The van der Waals surface area contributed by atoms with Crippen LogP contribution in [0.4, 0.5) is 0 Å². The van der Waals surface area contributed by atoms with Crippen LogP contribution in [-0.2, 0) is 9.59 Å². The molecular weight excluding hydrogens is 244 g/mol. The molecular formula is C14H18N2O3. The summed E-state index contributed by atoms with van der Waals surface area (Å²) in [6, 6.07) is 9.69. The Hall–Kier alpha value is -1.88. The highest BCUT2D eigenvalue weighted by Gasteiger charge is 2.30. The molecule has 1 aliphatic rings. The zero-order chi connectivity index (χ0) is 13.8. The number of amides is 1. The second kappa shape index (κ2) is 5.84. The standard InChI is InChI=1S/C14H18N2O3/c1-15-7-8-16(13(17)9-14(18)19)12(10-15)11-5-3-2-4-6-11/h2-6,12H,7-10H2,1H3,(H,18,19). The molecule has 0 bridgehead atoms. The van der Waals surface area contributed by atoms with Gasteiger partial charge >= 0.3 is 5.97 Å². The molecule has 1 heterocycles. The maximum Gasteiger partial charge on any atom is 0.312 e. The van der Waals surface area contributed by atoms with Gasteiger partial charge in [0.25, 0.3) is 0 Å². The predicted molar refractivity (Wildman–Crippen MR) is 70.6 cm³/mol. The minimum Gasteiger partial charge on any atom is -0.481 e. The van der Waals surface area contributed by atoms with Crippen molar-refractivity contribution >= 4 is 11.9 Å². The highest BCUT2D eigenvalue weighted by molar-refractivity contribution is 5.93. The lowest BCUT2D eigenvalue weighted by atomic mass is 10.0. The predicted octanol–water partition coefficient (Wildman–Crippen LogP) is 0.976. The molecule has 5 nitrogen and oxygen atoms in total. The van der Waals surface area contributed by atoms with Crippen LogP contribution >= 0.6 is 0 Å². The zero-order valence-electron chi connectivity index (χ0n) is 11.0. The number of piperazine rings is 1. The molecule has 1 saturated heterocycles. The molecule has 1 N–H and O–H groups in total. The van der Waals surface area contributed by atoms with E-state index in [0.29, 0.717) is 6.54 Å². The van der Waals surface area contributed by atoms with Crippen molar-refractivity contribution in [2.75, 3.05) is 26.7 Å². The van der Waals surface area contributed by atoms with Gasteiger partial charge in [-0.15, -0.1) is 0 Å². The molecule has 1 aliphatic heterocycles. The van der Waals surface area contributed by atoms with E-state index in [1.54, 1.807) is 4.90 Å². The SMILES string of the molecule is CN1CCN(C(=O)CC(=O)O)C(c2ccccc2)C1.